The summed E-state index contributed by atoms with van der Waals surface area (Å²) < 4.78 is 57.9. The van der Waals surface area contributed by atoms with Gasteiger partial charge in [0.2, 0.25) is 16.0 Å². The first-order valence-electron chi connectivity index (χ1n) is 9.08. The normalized spacial score (nSPS) is 18.9. The first-order chi connectivity index (χ1) is 14.4. The SMILES string of the molecule is Cc1cnc(N2CC[C@@H](NS(C)(=O)=O)[C@@H]2Cc2cccnc2)nc1.O=C(O)C(F)(F)F. The predicted octanol–water partition coefficient (Wildman–Crippen LogP) is 1.55. The number of aliphatic carboxylic acids is 1. The Morgan fingerprint density at radius 2 is 1.90 bits per heavy atom. The maximum Gasteiger partial charge on any atom is 0.490 e. The van der Waals surface area contributed by atoms with Gasteiger partial charge in [-0.05, 0) is 37.0 Å². The van der Waals surface area contributed by atoms with Crippen LogP contribution in [0.15, 0.2) is 36.9 Å². The number of carboxylic acid groups (broad SMARTS) is 1. The van der Waals surface area contributed by atoms with E-state index in [4.69, 9.17) is 9.90 Å². The van der Waals surface area contributed by atoms with Gasteiger partial charge in [0.15, 0.2) is 0 Å². The molecule has 170 valence electrons. The maximum absolute atomic E-state index is 11.7. The van der Waals surface area contributed by atoms with Crippen molar-refractivity contribution in [2.24, 2.45) is 0 Å². The van der Waals surface area contributed by atoms with Crippen molar-refractivity contribution >= 4 is 21.9 Å². The van der Waals surface area contributed by atoms with Crippen molar-refractivity contribution < 1.29 is 31.5 Å². The third-order valence-corrected chi connectivity index (χ3v) is 5.08. The molecule has 3 heterocycles. The number of rotatable bonds is 5. The van der Waals surface area contributed by atoms with Gasteiger partial charge in [-0.2, -0.15) is 13.2 Å². The van der Waals surface area contributed by atoms with E-state index < -0.39 is 22.2 Å². The monoisotopic (exact) mass is 461 g/mol. The summed E-state index contributed by atoms with van der Waals surface area (Å²) in [5.74, 6) is -2.13. The Hall–Kier alpha value is -2.80. The molecule has 1 aliphatic heterocycles. The van der Waals surface area contributed by atoms with Crippen LogP contribution in [0.1, 0.15) is 17.5 Å². The van der Waals surface area contributed by atoms with Gasteiger partial charge in [0, 0.05) is 37.4 Å². The van der Waals surface area contributed by atoms with E-state index >= 15 is 0 Å². The molecule has 31 heavy (non-hydrogen) atoms. The number of nitrogens with zero attached hydrogens (tertiary/aromatic N) is 4. The minimum Gasteiger partial charge on any atom is -0.475 e. The van der Waals surface area contributed by atoms with Crippen LogP contribution in [0.5, 0.6) is 0 Å². The van der Waals surface area contributed by atoms with Gasteiger partial charge >= 0.3 is 12.1 Å². The largest absolute Gasteiger partial charge is 0.490 e. The van der Waals surface area contributed by atoms with Crippen LogP contribution in [-0.4, -0.2) is 65.5 Å². The zero-order valence-electron chi connectivity index (χ0n) is 16.7. The zero-order chi connectivity index (χ0) is 23.2. The van der Waals surface area contributed by atoms with Crippen LogP contribution < -0.4 is 9.62 Å². The standard InChI is InChI=1S/C16H21N5O2S.C2HF3O2/c1-12-9-18-16(19-10-12)21-7-5-14(20-24(2,22)23)15(21)8-13-4-3-6-17-11-13;3-2(4,5)1(6)7/h3-4,6,9-11,14-15,20H,5,7-8H2,1-2H3;(H,6,7)/t14-,15+;/m1./s1. The smallest absolute Gasteiger partial charge is 0.475 e. The molecule has 13 heteroatoms. The molecule has 0 spiro atoms. The van der Waals surface area contributed by atoms with E-state index in [2.05, 4.69) is 24.6 Å². The highest BCUT2D eigenvalue weighted by Gasteiger charge is 2.38. The second-order valence-electron chi connectivity index (χ2n) is 6.97. The van der Waals surface area contributed by atoms with E-state index in [0.717, 1.165) is 17.5 Å². The lowest BCUT2D eigenvalue weighted by molar-refractivity contribution is -0.192. The third kappa shape index (κ3) is 7.75. The number of nitrogens with one attached hydrogen (secondary N) is 1. The van der Waals surface area contributed by atoms with Crippen LogP contribution in [0.2, 0.25) is 0 Å². The minimum atomic E-state index is -5.08. The molecule has 2 aromatic heterocycles. The first kappa shape index (κ1) is 24.5. The Balaban J connectivity index is 0.000000423. The molecule has 0 radical (unpaired) electrons. The van der Waals surface area contributed by atoms with Crippen LogP contribution in [0.3, 0.4) is 0 Å². The first-order valence-corrected chi connectivity index (χ1v) is 11.0. The van der Waals surface area contributed by atoms with Crippen LogP contribution >= 0.6 is 0 Å². The number of pyridine rings is 1. The van der Waals surface area contributed by atoms with Crippen molar-refractivity contribution in [2.45, 2.75) is 38.0 Å². The summed E-state index contributed by atoms with van der Waals surface area (Å²) >= 11 is 0. The number of hydrogen-bond donors (Lipinski definition) is 2. The quantitative estimate of drug-likeness (QED) is 0.687. The molecule has 0 unspecified atom stereocenters. The van der Waals surface area contributed by atoms with Crippen molar-refractivity contribution in [3.8, 4) is 0 Å². The summed E-state index contributed by atoms with van der Waals surface area (Å²) in [4.78, 5) is 23.9. The number of sulfonamides is 1. The van der Waals surface area contributed by atoms with E-state index in [1.807, 2.05) is 25.3 Å². The van der Waals surface area contributed by atoms with Gasteiger partial charge in [0.25, 0.3) is 0 Å². The minimum absolute atomic E-state index is 0.0494. The fraction of sp³-hybridized carbons (Fsp3) is 0.444. The van der Waals surface area contributed by atoms with Crippen molar-refractivity contribution in [3.63, 3.8) is 0 Å². The number of aryl methyl sites for hydroxylation is 1. The zero-order valence-corrected chi connectivity index (χ0v) is 17.6. The highest BCUT2D eigenvalue weighted by Crippen LogP contribution is 2.26. The van der Waals surface area contributed by atoms with Crippen molar-refractivity contribution in [1.82, 2.24) is 19.7 Å². The molecular formula is C18H22F3N5O4S. The third-order valence-electron chi connectivity index (χ3n) is 4.35. The number of carboxylic acids is 1. The summed E-state index contributed by atoms with van der Waals surface area (Å²) in [7, 11) is -3.28. The summed E-state index contributed by atoms with van der Waals surface area (Å²) in [5.41, 5.74) is 2.05. The number of aromatic nitrogens is 3. The lowest BCUT2D eigenvalue weighted by Gasteiger charge is -2.28. The number of carbonyl (C=O) groups is 1. The molecule has 1 saturated heterocycles. The molecule has 0 aliphatic carbocycles. The molecule has 0 bridgehead atoms. The summed E-state index contributed by atoms with van der Waals surface area (Å²) in [6, 6.07) is 3.66. The number of hydrogen-bond acceptors (Lipinski definition) is 7. The van der Waals surface area contributed by atoms with Crippen molar-refractivity contribution in [3.05, 3.63) is 48.0 Å². The van der Waals surface area contributed by atoms with Gasteiger partial charge < -0.3 is 10.0 Å². The Kier molecular flexibility index (Phi) is 7.90. The number of alkyl halides is 3. The van der Waals surface area contributed by atoms with Gasteiger partial charge in [-0.3, -0.25) is 4.98 Å². The van der Waals surface area contributed by atoms with Crippen molar-refractivity contribution in [1.29, 1.82) is 0 Å². The van der Waals surface area contributed by atoms with E-state index in [9.17, 15) is 21.6 Å². The van der Waals surface area contributed by atoms with Crippen molar-refractivity contribution in [2.75, 3.05) is 17.7 Å². The molecule has 0 amide bonds. The van der Waals surface area contributed by atoms with Crippen LogP contribution in [-0.2, 0) is 21.2 Å². The molecule has 0 aromatic carbocycles. The molecule has 2 N–H and O–H groups in total. The average Bonchev–Trinajstić information content (AvgIpc) is 3.03. The maximum atomic E-state index is 11.7. The Morgan fingerprint density at radius 3 is 2.39 bits per heavy atom. The van der Waals surface area contributed by atoms with Crippen LogP contribution in [0, 0.1) is 6.92 Å². The van der Waals surface area contributed by atoms with Gasteiger partial charge in [-0.25, -0.2) is 27.9 Å². The molecule has 1 aliphatic rings. The van der Waals surface area contributed by atoms with Crippen LogP contribution in [0.25, 0.3) is 0 Å². The van der Waals surface area contributed by atoms with E-state index in [1.54, 1.807) is 18.6 Å². The molecule has 3 rings (SSSR count). The fourth-order valence-electron chi connectivity index (χ4n) is 3.06. The summed E-state index contributed by atoms with van der Waals surface area (Å²) in [6.07, 6.45) is 4.60. The molecule has 2 atom stereocenters. The van der Waals surface area contributed by atoms with E-state index in [-0.39, 0.29) is 12.1 Å². The molecule has 9 nitrogen and oxygen atoms in total. The number of halogens is 3. The van der Waals surface area contributed by atoms with Crippen LogP contribution in [0.4, 0.5) is 19.1 Å². The molecular weight excluding hydrogens is 439 g/mol. The van der Waals surface area contributed by atoms with Gasteiger partial charge in [0.1, 0.15) is 0 Å². The van der Waals surface area contributed by atoms with E-state index in [1.165, 1.54) is 6.26 Å². The second-order valence-corrected chi connectivity index (χ2v) is 8.75. The lowest BCUT2D eigenvalue weighted by atomic mass is 10.0. The topological polar surface area (TPSA) is 125 Å². The summed E-state index contributed by atoms with van der Waals surface area (Å²) in [5, 5.41) is 7.12. The Bertz CT molecular complexity index is 972. The van der Waals surface area contributed by atoms with Gasteiger partial charge in [0.05, 0.1) is 12.3 Å². The highest BCUT2D eigenvalue weighted by molar-refractivity contribution is 7.88. The van der Waals surface area contributed by atoms with Gasteiger partial charge in [-0.1, -0.05) is 6.07 Å². The fourth-order valence-corrected chi connectivity index (χ4v) is 3.89. The van der Waals surface area contributed by atoms with Gasteiger partial charge in [-0.15, -0.1) is 0 Å². The molecule has 2 aromatic rings. The second kappa shape index (κ2) is 10.0. The predicted molar refractivity (Wildman–Crippen MR) is 106 cm³/mol. The van der Waals surface area contributed by atoms with E-state index in [0.29, 0.717) is 18.9 Å². The number of anilines is 1. The molecule has 1 fully saturated rings. The highest BCUT2D eigenvalue weighted by atomic mass is 32.2. The lowest BCUT2D eigenvalue weighted by Crippen LogP contribution is -2.46. The Morgan fingerprint density at radius 1 is 1.29 bits per heavy atom. The summed E-state index contributed by atoms with van der Waals surface area (Å²) in [6.45, 7) is 2.65. The average molecular weight is 461 g/mol. The molecule has 0 saturated carbocycles. The Labute approximate surface area is 177 Å².